The van der Waals surface area contributed by atoms with Crippen LogP contribution in [0.1, 0.15) is 18.0 Å². The van der Waals surface area contributed by atoms with Gasteiger partial charge >= 0.3 is 0 Å². The molecule has 5 heteroatoms. The first-order chi connectivity index (χ1) is 8.24. The van der Waals surface area contributed by atoms with E-state index >= 15 is 0 Å². The Morgan fingerprint density at radius 2 is 2.24 bits per heavy atom. The first-order valence-corrected chi connectivity index (χ1v) is 6.05. The zero-order chi connectivity index (χ0) is 11.8. The molecule has 1 fully saturated rings. The fourth-order valence-electron chi connectivity index (χ4n) is 2.34. The van der Waals surface area contributed by atoms with Gasteiger partial charge in [-0.15, -0.1) is 0 Å². The van der Waals surface area contributed by atoms with Crippen LogP contribution < -0.4 is 11.1 Å². The van der Waals surface area contributed by atoms with Crippen molar-refractivity contribution in [1.29, 1.82) is 0 Å². The van der Waals surface area contributed by atoms with Crippen molar-refractivity contribution in [3.05, 3.63) is 29.2 Å². The SMILES string of the molecule is Nc1ccc2nc(Cl)nc(C3CCNC3)c2c1. The van der Waals surface area contributed by atoms with E-state index in [9.17, 15) is 0 Å². The summed E-state index contributed by atoms with van der Waals surface area (Å²) >= 11 is 5.97. The van der Waals surface area contributed by atoms with E-state index in [0.717, 1.165) is 41.8 Å². The van der Waals surface area contributed by atoms with Crippen molar-refractivity contribution in [1.82, 2.24) is 15.3 Å². The molecule has 1 aliphatic rings. The van der Waals surface area contributed by atoms with Crippen molar-refractivity contribution in [3.8, 4) is 0 Å². The Labute approximate surface area is 104 Å². The van der Waals surface area contributed by atoms with Gasteiger partial charge in [0.2, 0.25) is 5.28 Å². The van der Waals surface area contributed by atoms with Crippen molar-refractivity contribution in [2.45, 2.75) is 12.3 Å². The highest BCUT2D eigenvalue weighted by atomic mass is 35.5. The minimum absolute atomic E-state index is 0.309. The van der Waals surface area contributed by atoms with E-state index in [1.54, 1.807) is 0 Å². The summed E-state index contributed by atoms with van der Waals surface area (Å²) in [6.07, 6.45) is 1.08. The van der Waals surface area contributed by atoms with Gasteiger partial charge in [0.25, 0.3) is 0 Å². The van der Waals surface area contributed by atoms with Crippen molar-refractivity contribution in [2.24, 2.45) is 0 Å². The number of nitrogens with zero attached hydrogens (tertiary/aromatic N) is 2. The molecule has 1 unspecified atom stereocenters. The van der Waals surface area contributed by atoms with Crippen molar-refractivity contribution in [2.75, 3.05) is 18.8 Å². The number of nitrogen functional groups attached to an aromatic ring is 1. The summed E-state index contributed by atoms with van der Waals surface area (Å²) in [5.41, 5.74) is 8.43. The Morgan fingerprint density at radius 3 is 3.00 bits per heavy atom. The fourth-order valence-corrected chi connectivity index (χ4v) is 2.52. The maximum Gasteiger partial charge on any atom is 0.223 e. The summed E-state index contributed by atoms with van der Waals surface area (Å²) < 4.78 is 0. The van der Waals surface area contributed by atoms with E-state index in [-0.39, 0.29) is 0 Å². The van der Waals surface area contributed by atoms with E-state index in [2.05, 4.69) is 15.3 Å². The molecule has 1 aromatic heterocycles. The molecule has 88 valence electrons. The molecule has 1 aromatic carbocycles. The molecule has 0 saturated carbocycles. The van der Waals surface area contributed by atoms with Crippen LogP contribution in [0.5, 0.6) is 0 Å². The average Bonchev–Trinajstić information content (AvgIpc) is 2.82. The van der Waals surface area contributed by atoms with Gasteiger partial charge in [-0.05, 0) is 42.8 Å². The van der Waals surface area contributed by atoms with Crippen LogP contribution in [0.25, 0.3) is 10.9 Å². The second-order valence-corrected chi connectivity index (χ2v) is 4.68. The molecule has 0 amide bonds. The Balaban J connectivity index is 2.23. The third-order valence-corrected chi connectivity index (χ3v) is 3.34. The molecule has 1 saturated heterocycles. The Kier molecular flexibility index (Phi) is 2.61. The van der Waals surface area contributed by atoms with Gasteiger partial charge in [-0.25, -0.2) is 9.97 Å². The van der Waals surface area contributed by atoms with Crippen LogP contribution in [0.3, 0.4) is 0 Å². The minimum atomic E-state index is 0.309. The average molecular weight is 249 g/mol. The predicted octanol–water partition coefficient (Wildman–Crippen LogP) is 1.94. The van der Waals surface area contributed by atoms with Gasteiger partial charge < -0.3 is 11.1 Å². The highest BCUT2D eigenvalue weighted by molar-refractivity contribution is 6.28. The lowest BCUT2D eigenvalue weighted by Crippen LogP contribution is -2.10. The second-order valence-electron chi connectivity index (χ2n) is 4.34. The summed E-state index contributed by atoms with van der Waals surface area (Å²) in [7, 11) is 0. The van der Waals surface area contributed by atoms with Crippen molar-refractivity contribution >= 4 is 28.2 Å². The van der Waals surface area contributed by atoms with E-state index in [1.807, 2.05) is 18.2 Å². The van der Waals surface area contributed by atoms with E-state index in [0.29, 0.717) is 11.2 Å². The van der Waals surface area contributed by atoms with Gasteiger partial charge in [-0.3, -0.25) is 0 Å². The molecule has 2 heterocycles. The lowest BCUT2D eigenvalue weighted by Gasteiger charge is -2.11. The monoisotopic (exact) mass is 248 g/mol. The molecule has 17 heavy (non-hydrogen) atoms. The number of nitrogens with two attached hydrogens (primary N) is 1. The van der Waals surface area contributed by atoms with Crippen LogP contribution in [0.4, 0.5) is 5.69 Å². The smallest absolute Gasteiger partial charge is 0.223 e. The van der Waals surface area contributed by atoms with Gasteiger partial charge in [-0.1, -0.05) is 0 Å². The van der Waals surface area contributed by atoms with Gasteiger partial charge in [0.1, 0.15) is 0 Å². The summed E-state index contributed by atoms with van der Waals surface area (Å²) in [6.45, 7) is 1.97. The number of fused-ring (bicyclic) bond motifs is 1. The standard InChI is InChI=1S/C12H13ClN4/c13-12-16-10-2-1-8(14)5-9(10)11(17-12)7-3-4-15-6-7/h1-2,5,7,15H,3-4,6,14H2. The van der Waals surface area contributed by atoms with Crippen molar-refractivity contribution < 1.29 is 0 Å². The predicted molar refractivity (Wildman–Crippen MR) is 69.2 cm³/mol. The number of benzene rings is 1. The van der Waals surface area contributed by atoms with Crippen LogP contribution in [-0.2, 0) is 0 Å². The maximum atomic E-state index is 5.97. The normalized spacial score (nSPS) is 19.9. The zero-order valence-corrected chi connectivity index (χ0v) is 10.0. The molecule has 0 aliphatic carbocycles. The van der Waals surface area contributed by atoms with Crippen LogP contribution in [-0.4, -0.2) is 23.1 Å². The fraction of sp³-hybridized carbons (Fsp3) is 0.333. The van der Waals surface area contributed by atoms with Gasteiger partial charge in [0, 0.05) is 23.5 Å². The topological polar surface area (TPSA) is 63.8 Å². The number of hydrogen-bond donors (Lipinski definition) is 2. The summed E-state index contributed by atoms with van der Waals surface area (Å²) in [6, 6.07) is 5.66. The van der Waals surface area contributed by atoms with Gasteiger partial charge in [0.15, 0.2) is 0 Å². The molecule has 0 bridgehead atoms. The summed E-state index contributed by atoms with van der Waals surface area (Å²) in [4.78, 5) is 8.61. The Morgan fingerprint density at radius 1 is 1.35 bits per heavy atom. The highest BCUT2D eigenvalue weighted by Crippen LogP contribution is 2.29. The van der Waals surface area contributed by atoms with E-state index < -0.39 is 0 Å². The molecule has 1 atom stereocenters. The molecular weight excluding hydrogens is 236 g/mol. The maximum absolute atomic E-state index is 5.97. The molecule has 0 radical (unpaired) electrons. The number of rotatable bonds is 1. The van der Waals surface area contributed by atoms with Crippen molar-refractivity contribution in [3.63, 3.8) is 0 Å². The first kappa shape index (κ1) is 10.7. The zero-order valence-electron chi connectivity index (χ0n) is 9.28. The summed E-state index contributed by atoms with van der Waals surface area (Å²) in [5.74, 6) is 0.403. The van der Waals surface area contributed by atoms with Gasteiger partial charge in [-0.2, -0.15) is 0 Å². The molecule has 3 rings (SSSR count). The van der Waals surface area contributed by atoms with Crippen LogP contribution in [0, 0.1) is 0 Å². The minimum Gasteiger partial charge on any atom is -0.399 e. The molecule has 4 nitrogen and oxygen atoms in total. The lowest BCUT2D eigenvalue weighted by atomic mass is 10.00. The van der Waals surface area contributed by atoms with Gasteiger partial charge in [0.05, 0.1) is 11.2 Å². The molecule has 3 N–H and O–H groups in total. The molecule has 0 spiro atoms. The molecular formula is C12H13ClN4. The lowest BCUT2D eigenvalue weighted by molar-refractivity contribution is 0.740. The summed E-state index contributed by atoms with van der Waals surface area (Å²) in [5, 5.41) is 4.66. The van der Waals surface area contributed by atoms with Crippen LogP contribution in [0.2, 0.25) is 5.28 Å². The Bertz CT molecular complexity index is 564. The second kappa shape index (κ2) is 4.13. The van der Waals surface area contributed by atoms with E-state index in [4.69, 9.17) is 17.3 Å². The number of anilines is 1. The highest BCUT2D eigenvalue weighted by Gasteiger charge is 2.21. The first-order valence-electron chi connectivity index (χ1n) is 5.67. The Hall–Kier alpha value is -1.39. The number of nitrogens with one attached hydrogen (secondary N) is 1. The molecule has 1 aliphatic heterocycles. The molecule has 2 aromatic rings. The van der Waals surface area contributed by atoms with Crippen LogP contribution >= 0.6 is 11.6 Å². The number of aromatic nitrogens is 2. The number of halogens is 1. The van der Waals surface area contributed by atoms with E-state index in [1.165, 1.54) is 0 Å². The third-order valence-electron chi connectivity index (χ3n) is 3.17. The number of hydrogen-bond acceptors (Lipinski definition) is 4. The largest absolute Gasteiger partial charge is 0.399 e. The third kappa shape index (κ3) is 1.94. The van der Waals surface area contributed by atoms with Crippen LogP contribution in [0.15, 0.2) is 18.2 Å². The quantitative estimate of drug-likeness (QED) is 0.598.